The van der Waals surface area contributed by atoms with Gasteiger partial charge in [0.2, 0.25) is 0 Å². The molecule has 0 aliphatic carbocycles. The van der Waals surface area contributed by atoms with E-state index < -0.39 is 0 Å². The predicted octanol–water partition coefficient (Wildman–Crippen LogP) is 2.82. The van der Waals surface area contributed by atoms with Gasteiger partial charge >= 0.3 is 0 Å². The van der Waals surface area contributed by atoms with Crippen molar-refractivity contribution in [3.05, 3.63) is 46.4 Å². The third-order valence-electron chi connectivity index (χ3n) is 3.80. The van der Waals surface area contributed by atoms with Crippen LogP contribution in [-0.2, 0) is 7.05 Å². The van der Waals surface area contributed by atoms with Crippen LogP contribution in [0.25, 0.3) is 5.69 Å². The lowest BCUT2D eigenvalue weighted by Crippen LogP contribution is -2.32. The van der Waals surface area contributed by atoms with Gasteiger partial charge < -0.3 is 10.6 Å². The molecule has 0 spiro atoms. The highest BCUT2D eigenvalue weighted by Crippen LogP contribution is 2.13. The van der Waals surface area contributed by atoms with Gasteiger partial charge in [-0.15, -0.1) is 0 Å². The Kier molecular flexibility index (Phi) is 5.60. The molecule has 1 aromatic heterocycles. The Morgan fingerprint density at radius 2 is 1.91 bits per heavy atom. The molecule has 23 heavy (non-hydrogen) atoms. The number of rotatable bonds is 5. The lowest BCUT2D eigenvalue weighted by molar-refractivity contribution is 0.579. The predicted molar refractivity (Wildman–Crippen MR) is 99.4 cm³/mol. The smallest absolute Gasteiger partial charge is 0.295 e. The molecule has 0 aliphatic rings. The molecular formula is C17H24N4OS. The maximum absolute atomic E-state index is 12.7. The second-order valence-electron chi connectivity index (χ2n) is 6.00. The highest BCUT2D eigenvalue weighted by atomic mass is 32.1. The first-order valence-corrected chi connectivity index (χ1v) is 8.21. The molecule has 2 N–H and O–H groups in total. The summed E-state index contributed by atoms with van der Waals surface area (Å²) in [7, 11) is 1.87. The maximum Gasteiger partial charge on any atom is 0.295 e. The molecule has 0 bridgehead atoms. The van der Waals surface area contributed by atoms with E-state index in [1.807, 2.05) is 49.0 Å². The molecule has 0 fully saturated rings. The molecule has 0 amide bonds. The number of nitrogens with zero attached hydrogens (tertiary/aromatic N) is 2. The van der Waals surface area contributed by atoms with E-state index in [-0.39, 0.29) is 5.56 Å². The number of aromatic nitrogens is 2. The van der Waals surface area contributed by atoms with E-state index in [1.165, 1.54) is 0 Å². The van der Waals surface area contributed by atoms with Gasteiger partial charge in [-0.05, 0) is 43.6 Å². The zero-order valence-corrected chi connectivity index (χ0v) is 14.9. The maximum atomic E-state index is 12.7. The van der Waals surface area contributed by atoms with Crippen molar-refractivity contribution in [2.24, 2.45) is 13.0 Å². The van der Waals surface area contributed by atoms with Crippen LogP contribution in [0.1, 0.15) is 26.0 Å². The summed E-state index contributed by atoms with van der Waals surface area (Å²) in [5.41, 5.74) is 2.07. The van der Waals surface area contributed by atoms with E-state index in [1.54, 1.807) is 4.68 Å². The van der Waals surface area contributed by atoms with Crippen LogP contribution in [0.5, 0.6) is 0 Å². The Bertz CT molecular complexity index is 731. The summed E-state index contributed by atoms with van der Waals surface area (Å²) < 4.78 is 3.46. The fourth-order valence-electron chi connectivity index (χ4n) is 2.34. The highest BCUT2D eigenvalue weighted by molar-refractivity contribution is 7.80. The van der Waals surface area contributed by atoms with Crippen LogP contribution in [0, 0.1) is 12.8 Å². The molecule has 5 nitrogen and oxygen atoms in total. The van der Waals surface area contributed by atoms with Crippen molar-refractivity contribution in [3.8, 4) is 5.69 Å². The first-order valence-electron chi connectivity index (χ1n) is 7.80. The second kappa shape index (κ2) is 7.46. The van der Waals surface area contributed by atoms with Gasteiger partial charge in [0.25, 0.3) is 5.56 Å². The summed E-state index contributed by atoms with van der Waals surface area (Å²) in [6.07, 6.45) is 1.03. The van der Waals surface area contributed by atoms with Crippen molar-refractivity contribution >= 4 is 23.0 Å². The SMILES string of the molecule is Cc1c(NC(=S)NCCC(C)C)c(=O)n(-c2ccccc2)n1C. The van der Waals surface area contributed by atoms with E-state index in [0.717, 1.165) is 24.3 Å². The molecule has 0 saturated heterocycles. The lowest BCUT2D eigenvalue weighted by atomic mass is 10.1. The van der Waals surface area contributed by atoms with E-state index in [9.17, 15) is 4.79 Å². The number of para-hydroxylation sites is 1. The van der Waals surface area contributed by atoms with Crippen molar-refractivity contribution in [1.29, 1.82) is 0 Å². The number of hydrogen-bond donors (Lipinski definition) is 2. The number of hydrogen-bond acceptors (Lipinski definition) is 2. The molecule has 2 rings (SSSR count). The van der Waals surface area contributed by atoms with Crippen LogP contribution in [0.4, 0.5) is 5.69 Å². The number of benzene rings is 1. The highest BCUT2D eigenvalue weighted by Gasteiger charge is 2.16. The van der Waals surface area contributed by atoms with E-state index in [4.69, 9.17) is 12.2 Å². The summed E-state index contributed by atoms with van der Waals surface area (Å²) in [5.74, 6) is 0.610. The summed E-state index contributed by atoms with van der Waals surface area (Å²) in [5, 5.41) is 6.68. The quantitative estimate of drug-likeness (QED) is 0.827. The zero-order valence-electron chi connectivity index (χ0n) is 14.1. The Labute approximate surface area is 142 Å². The van der Waals surface area contributed by atoms with Gasteiger partial charge in [-0.3, -0.25) is 9.48 Å². The fourth-order valence-corrected chi connectivity index (χ4v) is 2.55. The van der Waals surface area contributed by atoms with Crippen LogP contribution in [0.3, 0.4) is 0 Å². The van der Waals surface area contributed by atoms with Crippen LogP contribution in [-0.4, -0.2) is 21.0 Å². The van der Waals surface area contributed by atoms with Gasteiger partial charge in [-0.25, -0.2) is 4.68 Å². The molecule has 124 valence electrons. The van der Waals surface area contributed by atoms with Gasteiger partial charge in [0.15, 0.2) is 5.11 Å². The number of anilines is 1. The van der Waals surface area contributed by atoms with Crippen molar-refractivity contribution in [2.75, 3.05) is 11.9 Å². The van der Waals surface area contributed by atoms with Crippen molar-refractivity contribution in [3.63, 3.8) is 0 Å². The van der Waals surface area contributed by atoms with Crippen molar-refractivity contribution in [2.45, 2.75) is 27.2 Å². The first-order chi connectivity index (χ1) is 10.9. The average molecular weight is 332 g/mol. The van der Waals surface area contributed by atoms with Gasteiger partial charge in [-0.2, -0.15) is 0 Å². The van der Waals surface area contributed by atoms with Gasteiger partial charge in [-0.1, -0.05) is 32.0 Å². The summed E-state index contributed by atoms with van der Waals surface area (Å²) in [6, 6.07) is 9.57. The van der Waals surface area contributed by atoms with Crippen LogP contribution in [0.15, 0.2) is 35.1 Å². The minimum absolute atomic E-state index is 0.107. The molecule has 0 saturated carbocycles. The Morgan fingerprint density at radius 1 is 1.26 bits per heavy atom. The number of nitrogens with one attached hydrogen (secondary N) is 2. The number of thiocarbonyl (C=S) groups is 1. The zero-order chi connectivity index (χ0) is 17.0. The summed E-state index contributed by atoms with van der Waals surface area (Å²) in [4.78, 5) is 12.7. The van der Waals surface area contributed by atoms with Crippen molar-refractivity contribution < 1.29 is 0 Å². The Morgan fingerprint density at radius 3 is 2.52 bits per heavy atom. The molecular weight excluding hydrogens is 308 g/mol. The standard InChI is InChI=1S/C17H24N4OS/c1-12(2)10-11-18-17(23)19-15-13(3)20(4)21(16(15)22)14-8-6-5-7-9-14/h5-9,12H,10-11H2,1-4H3,(H2,18,19,23). The van der Waals surface area contributed by atoms with Crippen LogP contribution < -0.4 is 16.2 Å². The van der Waals surface area contributed by atoms with Crippen molar-refractivity contribution in [1.82, 2.24) is 14.7 Å². The molecule has 1 heterocycles. The summed E-state index contributed by atoms with van der Waals surface area (Å²) in [6.45, 7) is 7.03. The van der Waals surface area contributed by atoms with Gasteiger partial charge in [0, 0.05) is 13.6 Å². The molecule has 0 radical (unpaired) electrons. The average Bonchev–Trinajstić information content (AvgIpc) is 2.71. The van der Waals surface area contributed by atoms with Gasteiger partial charge in [0.1, 0.15) is 5.69 Å². The molecule has 6 heteroatoms. The minimum atomic E-state index is -0.107. The largest absolute Gasteiger partial charge is 0.362 e. The lowest BCUT2D eigenvalue weighted by Gasteiger charge is -2.10. The second-order valence-corrected chi connectivity index (χ2v) is 6.41. The van der Waals surface area contributed by atoms with E-state index in [2.05, 4.69) is 24.5 Å². The molecule has 1 aromatic carbocycles. The molecule has 0 atom stereocenters. The third-order valence-corrected chi connectivity index (χ3v) is 4.05. The topological polar surface area (TPSA) is 51.0 Å². The first kappa shape index (κ1) is 17.3. The van der Waals surface area contributed by atoms with Gasteiger partial charge in [0.05, 0.1) is 11.4 Å². The molecule has 0 aliphatic heterocycles. The normalized spacial score (nSPS) is 10.8. The molecule has 2 aromatic rings. The van der Waals surface area contributed by atoms with E-state index >= 15 is 0 Å². The minimum Gasteiger partial charge on any atom is -0.362 e. The Hall–Kier alpha value is -2.08. The summed E-state index contributed by atoms with van der Waals surface area (Å²) >= 11 is 5.30. The Balaban J connectivity index is 2.21. The monoisotopic (exact) mass is 332 g/mol. The molecule has 0 unspecified atom stereocenters. The van der Waals surface area contributed by atoms with Crippen LogP contribution in [0.2, 0.25) is 0 Å². The fraction of sp³-hybridized carbons (Fsp3) is 0.412. The van der Waals surface area contributed by atoms with Crippen LogP contribution >= 0.6 is 12.2 Å². The van der Waals surface area contributed by atoms with E-state index in [0.29, 0.717) is 16.7 Å². The third kappa shape index (κ3) is 4.01.